The number of nitrogens with zero attached hydrogens (tertiary/aromatic N) is 1. The highest BCUT2D eigenvalue weighted by atomic mass is 35.5. The largest absolute Gasteiger partial charge is 0.324 e. The van der Waals surface area contributed by atoms with Crippen molar-refractivity contribution in [3.8, 4) is 5.69 Å². The zero-order chi connectivity index (χ0) is 16.4. The average molecular weight is 329 g/mol. The van der Waals surface area contributed by atoms with Crippen LogP contribution in [-0.4, -0.2) is 10.5 Å². The number of hydrogen-bond donors (Lipinski definition) is 1. The molecule has 1 aromatic heterocycles. The van der Waals surface area contributed by atoms with Crippen LogP contribution in [0.5, 0.6) is 0 Å². The first-order valence-corrected chi connectivity index (χ1v) is 7.43. The van der Waals surface area contributed by atoms with Gasteiger partial charge in [-0.15, -0.1) is 0 Å². The molecule has 1 amide bonds. The molecule has 0 saturated heterocycles. The molecule has 0 spiro atoms. The quantitative estimate of drug-likeness (QED) is 0.734. The Bertz CT molecular complexity index is 859. The molecule has 0 atom stereocenters. The molecule has 0 fully saturated rings. The van der Waals surface area contributed by atoms with Gasteiger partial charge in [0.1, 0.15) is 0 Å². The second kappa shape index (κ2) is 6.26. The fraction of sp³-hybridized carbons (Fsp3) is 0.0556. The lowest BCUT2D eigenvalue weighted by Crippen LogP contribution is -2.13. The fourth-order valence-electron chi connectivity index (χ4n) is 2.32. The van der Waals surface area contributed by atoms with Crippen molar-refractivity contribution in [2.45, 2.75) is 6.92 Å². The van der Waals surface area contributed by atoms with Crippen LogP contribution in [0.25, 0.3) is 5.69 Å². The molecule has 3 rings (SSSR count). The summed E-state index contributed by atoms with van der Waals surface area (Å²) in [5, 5.41) is 2.52. The molecule has 2 aromatic carbocycles. The van der Waals surface area contributed by atoms with Crippen molar-refractivity contribution in [1.29, 1.82) is 0 Å². The first kappa shape index (κ1) is 15.3. The van der Waals surface area contributed by atoms with Crippen LogP contribution in [0, 0.1) is 12.7 Å². The van der Waals surface area contributed by atoms with Crippen molar-refractivity contribution in [2.24, 2.45) is 0 Å². The van der Waals surface area contributed by atoms with Gasteiger partial charge in [0.2, 0.25) is 0 Å². The summed E-state index contributed by atoms with van der Waals surface area (Å²) in [5.41, 5.74) is 2.44. The number of amides is 1. The van der Waals surface area contributed by atoms with Gasteiger partial charge in [0, 0.05) is 23.6 Å². The highest BCUT2D eigenvalue weighted by Gasteiger charge is 2.13. The zero-order valence-corrected chi connectivity index (χ0v) is 13.1. The van der Waals surface area contributed by atoms with E-state index in [1.165, 1.54) is 12.1 Å². The van der Waals surface area contributed by atoms with Crippen LogP contribution < -0.4 is 5.32 Å². The monoisotopic (exact) mass is 328 g/mol. The molecule has 0 aliphatic heterocycles. The van der Waals surface area contributed by atoms with Gasteiger partial charge in [-0.2, -0.15) is 0 Å². The molecule has 3 aromatic rings. The van der Waals surface area contributed by atoms with Crippen molar-refractivity contribution in [1.82, 2.24) is 4.57 Å². The minimum atomic E-state index is -0.639. The van der Waals surface area contributed by atoms with Crippen LogP contribution in [-0.2, 0) is 0 Å². The molecule has 116 valence electrons. The van der Waals surface area contributed by atoms with Crippen molar-refractivity contribution < 1.29 is 9.18 Å². The highest BCUT2D eigenvalue weighted by molar-refractivity contribution is 6.31. The molecule has 0 aliphatic rings. The number of halogens is 2. The van der Waals surface area contributed by atoms with E-state index in [1.807, 2.05) is 42.1 Å². The van der Waals surface area contributed by atoms with Crippen molar-refractivity contribution in [2.75, 3.05) is 5.32 Å². The molecule has 3 nitrogen and oxygen atoms in total. The van der Waals surface area contributed by atoms with Crippen LogP contribution in [0.3, 0.4) is 0 Å². The van der Waals surface area contributed by atoms with E-state index < -0.39 is 5.82 Å². The van der Waals surface area contributed by atoms with E-state index in [1.54, 1.807) is 18.2 Å². The fourth-order valence-corrected chi connectivity index (χ4v) is 2.49. The molecule has 23 heavy (non-hydrogen) atoms. The van der Waals surface area contributed by atoms with Crippen molar-refractivity contribution >= 4 is 23.2 Å². The lowest BCUT2D eigenvalue weighted by Gasteiger charge is -2.11. The summed E-state index contributed by atoms with van der Waals surface area (Å²) in [6, 6.07) is 13.6. The molecule has 1 heterocycles. The molecule has 0 saturated carbocycles. The Morgan fingerprint density at radius 3 is 2.61 bits per heavy atom. The smallest absolute Gasteiger partial charge is 0.255 e. The van der Waals surface area contributed by atoms with E-state index >= 15 is 0 Å². The first-order chi connectivity index (χ1) is 11.1. The predicted molar refractivity (Wildman–Crippen MR) is 89.9 cm³/mol. The summed E-state index contributed by atoms with van der Waals surface area (Å²) < 4.78 is 15.8. The number of rotatable bonds is 3. The molecule has 0 bridgehead atoms. The van der Waals surface area contributed by atoms with Gasteiger partial charge >= 0.3 is 0 Å². The Hall–Kier alpha value is -2.59. The van der Waals surface area contributed by atoms with Crippen LogP contribution >= 0.6 is 11.6 Å². The summed E-state index contributed by atoms with van der Waals surface area (Å²) >= 11 is 5.73. The van der Waals surface area contributed by atoms with Gasteiger partial charge in [0.15, 0.2) is 5.82 Å². The number of aromatic nitrogens is 1. The summed E-state index contributed by atoms with van der Waals surface area (Å²) in [4.78, 5) is 12.4. The van der Waals surface area contributed by atoms with Crippen LogP contribution in [0.1, 0.15) is 15.9 Å². The van der Waals surface area contributed by atoms with Gasteiger partial charge in [-0.05, 0) is 48.9 Å². The maximum absolute atomic E-state index is 13.9. The Morgan fingerprint density at radius 2 is 1.87 bits per heavy atom. The number of carbonyl (C=O) groups excluding carboxylic acids is 1. The van der Waals surface area contributed by atoms with Gasteiger partial charge in [-0.3, -0.25) is 4.79 Å². The third kappa shape index (κ3) is 3.12. The number of carbonyl (C=O) groups is 1. The number of hydrogen-bond acceptors (Lipinski definition) is 1. The normalized spacial score (nSPS) is 10.6. The summed E-state index contributed by atoms with van der Waals surface area (Å²) in [6.07, 6.45) is 3.81. The molecular formula is C18H14ClFN2O. The van der Waals surface area contributed by atoms with Crippen LogP contribution in [0.4, 0.5) is 10.1 Å². The lowest BCUT2D eigenvalue weighted by atomic mass is 10.1. The number of aryl methyl sites for hydroxylation is 1. The van der Waals surface area contributed by atoms with Crippen LogP contribution in [0.2, 0.25) is 5.02 Å². The van der Waals surface area contributed by atoms with Gasteiger partial charge in [-0.1, -0.05) is 23.7 Å². The molecule has 0 unspecified atom stereocenters. The molecular weight excluding hydrogens is 315 g/mol. The van der Waals surface area contributed by atoms with Gasteiger partial charge in [0.05, 0.1) is 10.7 Å². The Morgan fingerprint density at radius 1 is 1.13 bits per heavy atom. The number of anilines is 1. The topological polar surface area (TPSA) is 34.0 Å². The predicted octanol–water partition coefficient (Wildman–Crippen LogP) is 4.83. The van der Waals surface area contributed by atoms with E-state index in [0.29, 0.717) is 5.56 Å². The number of benzene rings is 2. The third-order valence-electron chi connectivity index (χ3n) is 3.55. The maximum atomic E-state index is 13.9. The third-order valence-corrected chi connectivity index (χ3v) is 3.85. The number of nitrogens with one attached hydrogen (secondary N) is 1. The van der Waals surface area contributed by atoms with Crippen LogP contribution in [0.15, 0.2) is 60.9 Å². The van der Waals surface area contributed by atoms with Gasteiger partial charge in [-0.25, -0.2) is 4.39 Å². The zero-order valence-electron chi connectivity index (χ0n) is 12.4. The standard InChI is InChI=1S/C18H14ClFN2O/c1-12-7-8-13(11-16(12)22-9-2-3-10-22)18(23)21-15-6-4-5-14(19)17(15)20/h2-11H,1H3,(H,21,23). The van der Waals surface area contributed by atoms with Gasteiger partial charge in [0.25, 0.3) is 5.91 Å². The first-order valence-electron chi connectivity index (χ1n) is 7.05. The molecule has 0 radical (unpaired) electrons. The van der Waals surface area contributed by atoms with E-state index in [2.05, 4.69) is 5.32 Å². The van der Waals surface area contributed by atoms with E-state index in [4.69, 9.17) is 11.6 Å². The second-order valence-corrected chi connectivity index (χ2v) is 5.55. The Labute approximate surface area is 138 Å². The Kier molecular flexibility index (Phi) is 4.17. The lowest BCUT2D eigenvalue weighted by molar-refractivity contribution is 0.102. The van der Waals surface area contributed by atoms with E-state index in [-0.39, 0.29) is 16.6 Å². The van der Waals surface area contributed by atoms with E-state index in [9.17, 15) is 9.18 Å². The van der Waals surface area contributed by atoms with Crippen molar-refractivity contribution in [3.05, 3.63) is 82.9 Å². The molecule has 5 heteroatoms. The van der Waals surface area contributed by atoms with E-state index in [0.717, 1.165) is 11.3 Å². The Balaban J connectivity index is 1.91. The minimum Gasteiger partial charge on any atom is -0.324 e. The SMILES string of the molecule is Cc1ccc(C(=O)Nc2cccc(Cl)c2F)cc1-n1cccc1. The molecule has 1 N–H and O–H groups in total. The summed E-state index contributed by atoms with van der Waals surface area (Å²) in [7, 11) is 0. The van der Waals surface area contributed by atoms with Crippen molar-refractivity contribution in [3.63, 3.8) is 0 Å². The highest BCUT2D eigenvalue weighted by Crippen LogP contribution is 2.23. The minimum absolute atomic E-state index is 0.0280. The summed E-state index contributed by atoms with van der Waals surface area (Å²) in [5.74, 6) is -1.03. The summed E-state index contributed by atoms with van der Waals surface area (Å²) in [6.45, 7) is 1.97. The van der Waals surface area contributed by atoms with Gasteiger partial charge < -0.3 is 9.88 Å². The molecule has 0 aliphatic carbocycles. The average Bonchev–Trinajstić information content (AvgIpc) is 3.06. The second-order valence-electron chi connectivity index (χ2n) is 5.15. The maximum Gasteiger partial charge on any atom is 0.255 e.